The Morgan fingerprint density at radius 2 is 0.817 bits per heavy atom. The fraction of sp³-hybridized carbons (Fsp3) is 0. The fourth-order valence-corrected chi connectivity index (χ4v) is 8.28. The topological polar surface area (TPSA) is 103 Å². The molecule has 10 rings (SSSR count). The second-order valence-electron chi connectivity index (χ2n) is 14.3. The first kappa shape index (κ1) is 35.2. The molecule has 10 aromatic rings. The van der Waals surface area contributed by atoms with Gasteiger partial charge in [0.05, 0.1) is 81.2 Å². The summed E-state index contributed by atoms with van der Waals surface area (Å²) in [7, 11) is 0. The lowest BCUT2D eigenvalue weighted by molar-refractivity contribution is 1.12. The van der Waals surface area contributed by atoms with Crippen molar-refractivity contribution >= 4 is 55.0 Å². The van der Waals surface area contributed by atoms with Crippen LogP contribution < -0.4 is 0 Å². The molecular formula is C52H26N8. The zero-order valence-corrected chi connectivity index (χ0v) is 31.6. The van der Waals surface area contributed by atoms with E-state index in [1.54, 1.807) is 24.3 Å². The molecule has 0 aliphatic heterocycles. The van der Waals surface area contributed by atoms with Crippen molar-refractivity contribution in [3.05, 3.63) is 197 Å². The van der Waals surface area contributed by atoms with Crippen molar-refractivity contribution in [1.82, 2.24) is 14.1 Å². The summed E-state index contributed by atoms with van der Waals surface area (Å²) in [5, 5.41) is 34.4. The van der Waals surface area contributed by atoms with Gasteiger partial charge in [0.2, 0.25) is 0 Å². The van der Waals surface area contributed by atoms with Crippen LogP contribution in [0.2, 0.25) is 0 Å². The summed E-state index contributed by atoms with van der Waals surface area (Å²) in [5.41, 5.74) is 11.6. The lowest BCUT2D eigenvalue weighted by Gasteiger charge is -2.19. The molecule has 3 heterocycles. The van der Waals surface area contributed by atoms with Crippen molar-refractivity contribution in [2.24, 2.45) is 0 Å². The molecule has 0 unspecified atom stereocenters. The van der Waals surface area contributed by atoms with E-state index in [0.29, 0.717) is 39.4 Å². The number of nitrogens with zero attached hydrogens (tertiary/aromatic N) is 8. The molecule has 0 amide bonds. The molecule has 0 saturated carbocycles. The molecule has 274 valence electrons. The molecule has 0 N–H and O–H groups in total. The lowest BCUT2D eigenvalue weighted by atomic mass is 9.97. The van der Waals surface area contributed by atoms with Gasteiger partial charge >= 0.3 is 0 Å². The van der Waals surface area contributed by atoms with E-state index in [4.69, 9.17) is 18.1 Å². The predicted octanol–water partition coefficient (Wildman–Crippen LogP) is 13.0. The van der Waals surface area contributed by atoms with Gasteiger partial charge in [0.15, 0.2) is 11.4 Å². The molecule has 0 aliphatic carbocycles. The minimum Gasteiger partial charge on any atom is -0.308 e. The van der Waals surface area contributed by atoms with Crippen LogP contribution in [0.4, 0.5) is 11.4 Å². The molecule has 0 atom stereocenters. The van der Waals surface area contributed by atoms with Gasteiger partial charge in [-0.15, -0.1) is 0 Å². The van der Waals surface area contributed by atoms with Gasteiger partial charge in [-0.1, -0.05) is 72.8 Å². The summed E-state index contributed by atoms with van der Waals surface area (Å²) in [4.78, 5) is 12.6. The third kappa shape index (κ3) is 5.61. The quantitative estimate of drug-likeness (QED) is 0.163. The minimum atomic E-state index is 0.370. The Morgan fingerprint density at radius 1 is 0.417 bits per heavy atom. The molecule has 0 spiro atoms. The largest absolute Gasteiger partial charge is 0.308 e. The first-order valence-electron chi connectivity index (χ1n) is 18.9. The number of nitriles is 3. The van der Waals surface area contributed by atoms with Crippen LogP contribution in [0.1, 0.15) is 16.7 Å². The summed E-state index contributed by atoms with van der Waals surface area (Å²) < 4.78 is 4.09. The van der Waals surface area contributed by atoms with Crippen molar-refractivity contribution in [3.8, 4) is 63.2 Å². The molecule has 60 heavy (non-hydrogen) atoms. The Kier molecular flexibility index (Phi) is 8.23. The van der Waals surface area contributed by atoms with Crippen LogP contribution in [0.3, 0.4) is 0 Å². The normalized spacial score (nSPS) is 10.9. The maximum Gasteiger partial charge on any atom is 0.188 e. The molecule has 3 aromatic heterocycles. The highest BCUT2D eigenvalue weighted by atomic mass is 15.0. The van der Waals surface area contributed by atoms with Crippen LogP contribution in [-0.4, -0.2) is 14.1 Å². The number of pyridine rings is 1. The Balaban J connectivity index is 1.37. The van der Waals surface area contributed by atoms with Gasteiger partial charge in [-0.3, -0.25) is 0 Å². The molecule has 7 aromatic carbocycles. The maximum atomic E-state index is 11.4. The van der Waals surface area contributed by atoms with E-state index in [2.05, 4.69) is 40.0 Å². The van der Waals surface area contributed by atoms with E-state index in [9.17, 15) is 15.8 Å². The van der Waals surface area contributed by atoms with Crippen LogP contribution in [-0.2, 0) is 0 Å². The number of rotatable bonds is 5. The predicted molar refractivity (Wildman–Crippen MR) is 236 cm³/mol. The van der Waals surface area contributed by atoms with Crippen LogP contribution >= 0.6 is 0 Å². The number of fused-ring (bicyclic) bond motifs is 6. The number of hydrogen-bond acceptors (Lipinski definition) is 4. The Morgan fingerprint density at radius 3 is 1.22 bits per heavy atom. The SMILES string of the molecule is [C-]#[N+]c1ccc2c(c1)c1cc([N+]#[C-])ccc1n2-c1cc(-c2cc(-c3ccccc3)nc(-c3ccccc3)c2)cc(-n2c3ccc(C#N)cc3c3cc(C#N)ccc32)c1C#N. The third-order valence-corrected chi connectivity index (χ3v) is 11.0. The third-order valence-electron chi connectivity index (χ3n) is 11.0. The smallest absolute Gasteiger partial charge is 0.188 e. The van der Waals surface area contributed by atoms with E-state index in [-0.39, 0.29) is 0 Å². The molecule has 0 aliphatic rings. The van der Waals surface area contributed by atoms with E-state index in [1.807, 2.05) is 130 Å². The second kappa shape index (κ2) is 14.0. The van der Waals surface area contributed by atoms with Crippen LogP contribution in [0, 0.1) is 47.1 Å². The van der Waals surface area contributed by atoms with E-state index >= 15 is 0 Å². The number of hydrogen-bond donors (Lipinski definition) is 0. The fourth-order valence-electron chi connectivity index (χ4n) is 8.28. The van der Waals surface area contributed by atoms with Gasteiger partial charge in [0.1, 0.15) is 11.6 Å². The lowest BCUT2D eigenvalue weighted by Crippen LogP contribution is -2.05. The molecule has 8 nitrogen and oxygen atoms in total. The van der Waals surface area contributed by atoms with Crippen LogP contribution in [0.25, 0.3) is 98.3 Å². The highest BCUT2D eigenvalue weighted by Crippen LogP contribution is 2.42. The molecule has 8 heteroatoms. The van der Waals surface area contributed by atoms with Gasteiger partial charge < -0.3 is 9.13 Å². The first-order valence-corrected chi connectivity index (χ1v) is 18.9. The Labute approximate surface area is 344 Å². The van der Waals surface area contributed by atoms with Gasteiger partial charge in [-0.25, -0.2) is 14.7 Å². The van der Waals surface area contributed by atoms with Gasteiger partial charge in [-0.05, 0) is 107 Å². The summed E-state index contributed by atoms with van der Waals surface area (Å²) in [6.45, 7) is 15.6. The average molecular weight is 763 g/mol. The van der Waals surface area contributed by atoms with Crippen LogP contribution in [0.15, 0.2) is 158 Å². The summed E-state index contributed by atoms with van der Waals surface area (Å²) in [5.74, 6) is 0. The molecule has 0 radical (unpaired) electrons. The van der Waals surface area contributed by atoms with Gasteiger partial charge in [0, 0.05) is 21.9 Å². The summed E-state index contributed by atoms with van der Waals surface area (Å²) >= 11 is 0. The maximum absolute atomic E-state index is 11.4. The van der Waals surface area contributed by atoms with Crippen molar-refractivity contribution in [2.45, 2.75) is 0 Å². The zero-order valence-electron chi connectivity index (χ0n) is 31.6. The molecular weight excluding hydrogens is 737 g/mol. The first-order chi connectivity index (χ1) is 29.5. The molecule has 0 saturated heterocycles. The van der Waals surface area contributed by atoms with Crippen molar-refractivity contribution in [3.63, 3.8) is 0 Å². The van der Waals surface area contributed by atoms with Gasteiger partial charge in [-0.2, -0.15) is 15.8 Å². The minimum absolute atomic E-state index is 0.370. The number of aromatic nitrogens is 3. The van der Waals surface area contributed by atoms with Crippen molar-refractivity contribution in [2.75, 3.05) is 0 Å². The summed E-state index contributed by atoms with van der Waals surface area (Å²) in [6.07, 6.45) is 0. The highest BCUT2D eigenvalue weighted by Gasteiger charge is 2.24. The van der Waals surface area contributed by atoms with Gasteiger partial charge in [0.25, 0.3) is 0 Å². The Hall–Kier alpha value is -9.26. The summed E-state index contributed by atoms with van der Waals surface area (Å²) in [6, 6.07) is 57.3. The molecule has 0 bridgehead atoms. The average Bonchev–Trinajstić information content (AvgIpc) is 3.82. The zero-order chi connectivity index (χ0) is 40.9. The van der Waals surface area contributed by atoms with E-state index < -0.39 is 0 Å². The van der Waals surface area contributed by atoms with Crippen molar-refractivity contribution in [1.29, 1.82) is 15.8 Å². The van der Waals surface area contributed by atoms with E-state index in [1.165, 1.54) is 0 Å². The van der Waals surface area contributed by atoms with E-state index in [0.717, 1.165) is 77.3 Å². The second-order valence-corrected chi connectivity index (χ2v) is 14.3. The highest BCUT2D eigenvalue weighted by molar-refractivity contribution is 6.13. The van der Waals surface area contributed by atoms with Crippen LogP contribution in [0.5, 0.6) is 0 Å². The number of benzene rings is 7. The Bertz CT molecular complexity index is 3280. The monoisotopic (exact) mass is 762 g/mol. The van der Waals surface area contributed by atoms with Crippen molar-refractivity contribution < 1.29 is 0 Å². The standard InChI is InChI=1S/C52H26N8/c1-56-38-15-19-49-42(27-38)43-28-39(57-2)16-20-50(43)60(49)52-26-37(36-23-45(34-9-5-3-6-10-34)58-46(24-36)35-11-7-4-8-12-35)25-51(44(52)31-55)59-47-17-13-32(29-53)21-40(47)41-22-33(30-54)14-18-48(41)59/h3-28H. The molecule has 0 fully saturated rings.